The molecular formula is C15H26N2S. The molecule has 1 N–H and O–H groups in total. The average molecular weight is 266 g/mol. The average Bonchev–Trinajstić information content (AvgIpc) is 3.01. The molecular weight excluding hydrogens is 240 g/mol. The van der Waals surface area contributed by atoms with Crippen molar-refractivity contribution in [2.24, 2.45) is 5.92 Å². The van der Waals surface area contributed by atoms with E-state index >= 15 is 0 Å². The van der Waals surface area contributed by atoms with Crippen molar-refractivity contribution in [3.8, 4) is 0 Å². The zero-order valence-electron chi connectivity index (χ0n) is 11.7. The first-order valence-electron chi connectivity index (χ1n) is 7.45. The molecule has 0 spiro atoms. The topological polar surface area (TPSA) is 24.9 Å². The monoisotopic (exact) mass is 266 g/mol. The quantitative estimate of drug-likeness (QED) is 0.788. The predicted octanol–water partition coefficient (Wildman–Crippen LogP) is 4.46. The first-order valence-corrected chi connectivity index (χ1v) is 8.33. The van der Waals surface area contributed by atoms with Crippen molar-refractivity contribution in [3.05, 3.63) is 16.1 Å². The highest BCUT2D eigenvalue weighted by Gasteiger charge is 2.19. The highest BCUT2D eigenvalue weighted by Crippen LogP contribution is 2.31. The molecule has 3 heteroatoms. The molecule has 0 bridgehead atoms. The molecule has 1 fully saturated rings. The van der Waals surface area contributed by atoms with Gasteiger partial charge in [-0.3, -0.25) is 0 Å². The summed E-state index contributed by atoms with van der Waals surface area (Å²) in [5, 5.41) is 7.09. The third-order valence-corrected chi connectivity index (χ3v) is 4.76. The Morgan fingerprint density at radius 1 is 1.44 bits per heavy atom. The molecule has 1 aromatic heterocycles. The van der Waals surface area contributed by atoms with E-state index in [1.165, 1.54) is 55.6 Å². The summed E-state index contributed by atoms with van der Waals surface area (Å²) in [6.07, 6.45) is 9.64. The van der Waals surface area contributed by atoms with Gasteiger partial charge in [-0.1, -0.05) is 32.6 Å². The molecule has 1 atom stereocenters. The minimum atomic E-state index is 0.482. The zero-order valence-corrected chi connectivity index (χ0v) is 12.6. The fourth-order valence-electron chi connectivity index (χ4n) is 2.91. The van der Waals surface area contributed by atoms with Crippen LogP contribution in [-0.2, 0) is 0 Å². The predicted molar refractivity (Wildman–Crippen MR) is 79.1 cm³/mol. The van der Waals surface area contributed by atoms with Crippen molar-refractivity contribution in [2.45, 2.75) is 64.8 Å². The highest BCUT2D eigenvalue weighted by atomic mass is 32.1. The number of thiazole rings is 1. The molecule has 2 nitrogen and oxygen atoms in total. The first kappa shape index (κ1) is 14.0. The van der Waals surface area contributed by atoms with Crippen molar-refractivity contribution in [1.29, 1.82) is 0 Å². The summed E-state index contributed by atoms with van der Waals surface area (Å²) in [5.41, 5.74) is 1.27. The third-order valence-electron chi connectivity index (χ3n) is 3.97. The van der Waals surface area contributed by atoms with Crippen LogP contribution in [-0.4, -0.2) is 11.5 Å². The van der Waals surface area contributed by atoms with Gasteiger partial charge < -0.3 is 5.32 Å². The minimum absolute atomic E-state index is 0.482. The van der Waals surface area contributed by atoms with E-state index in [0.29, 0.717) is 6.04 Å². The van der Waals surface area contributed by atoms with Gasteiger partial charge in [0.25, 0.3) is 0 Å². The zero-order chi connectivity index (χ0) is 12.8. The lowest BCUT2D eigenvalue weighted by atomic mass is 9.97. The fraction of sp³-hybridized carbons (Fsp3) is 0.800. The van der Waals surface area contributed by atoms with Crippen LogP contribution in [0, 0.1) is 12.8 Å². The van der Waals surface area contributed by atoms with E-state index in [-0.39, 0.29) is 0 Å². The van der Waals surface area contributed by atoms with Crippen LogP contribution in [0.2, 0.25) is 0 Å². The normalized spacial score (nSPS) is 18.3. The first-order chi connectivity index (χ1) is 8.79. The van der Waals surface area contributed by atoms with Gasteiger partial charge in [0.05, 0.1) is 16.7 Å². The molecule has 1 unspecified atom stereocenters. The maximum atomic E-state index is 4.67. The van der Waals surface area contributed by atoms with Crippen LogP contribution < -0.4 is 5.32 Å². The summed E-state index contributed by atoms with van der Waals surface area (Å²) in [7, 11) is 0. The highest BCUT2D eigenvalue weighted by molar-refractivity contribution is 7.09. The lowest BCUT2D eigenvalue weighted by Gasteiger charge is -2.18. The number of aryl methyl sites for hydroxylation is 1. The Hall–Kier alpha value is -0.410. The smallest absolute Gasteiger partial charge is 0.0898 e. The number of rotatable bonds is 7. The second kappa shape index (κ2) is 7.25. The molecule has 0 aromatic carbocycles. The lowest BCUT2D eigenvalue weighted by Crippen LogP contribution is -2.23. The van der Waals surface area contributed by atoms with E-state index in [0.717, 1.165) is 12.5 Å². The Balaban J connectivity index is 1.87. The van der Waals surface area contributed by atoms with Crippen LogP contribution >= 0.6 is 11.3 Å². The van der Waals surface area contributed by atoms with Gasteiger partial charge >= 0.3 is 0 Å². The van der Waals surface area contributed by atoms with Gasteiger partial charge in [-0.05, 0) is 38.6 Å². The molecule has 18 heavy (non-hydrogen) atoms. The molecule has 1 saturated carbocycles. The Morgan fingerprint density at radius 2 is 2.22 bits per heavy atom. The van der Waals surface area contributed by atoms with Gasteiger partial charge in [0, 0.05) is 5.38 Å². The molecule has 1 aliphatic rings. The SMILES string of the molecule is CCCNC(CCC1CCCC1)c1csc(C)n1. The summed E-state index contributed by atoms with van der Waals surface area (Å²) >= 11 is 1.77. The maximum Gasteiger partial charge on any atom is 0.0898 e. The molecule has 0 amide bonds. The molecule has 0 radical (unpaired) electrons. The van der Waals surface area contributed by atoms with Gasteiger partial charge in [0.1, 0.15) is 0 Å². The van der Waals surface area contributed by atoms with E-state index in [1.807, 2.05) is 0 Å². The van der Waals surface area contributed by atoms with E-state index in [2.05, 4.69) is 29.5 Å². The number of hydrogen-bond acceptors (Lipinski definition) is 3. The minimum Gasteiger partial charge on any atom is -0.309 e. The van der Waals surface area contributed by atoms with Gasteiger partial charge in [0.15, 0.2) is 0 Å². The molecule has 0 saturated heterocycles. The summed E-state index contributed by atoms with van der Waals surface area (Å²) in [5.74, 6) is 0.982. The largest absolute Gasteiger partial charge is 0.309 e. The Kier molecular flexibility index (Phi) is 5.64. The number of nitrogens with zero attached hydrogens (tertiary/aromatic N) is 1. The van der Waals surface area contributed by atoms with Crippen molar-refractivity contribution in [1.82, 2.24) is 10.3 Å². The molecule has 1 aliphatic carbocycles. The van der Waals surface area contributed by atoms with Gasteiger partial charge in [-0.2, -0.15) is 0 Å². The van der Waals surface area contributed by atoms with E-state index in [9.17, 15) is 0 Å². The lowest BCUT2D eigenvalue weighted by molar-refractivity contribution is 0.407. The molecule has 1 heterocycles. The van der Waals surface area contributed by atoms with Gasteiger partial charge in [-0.25, -0.2) is 4.98 Å². The van der Waals surface area contributed by atoms with E-state index in [1.54, 1.807) is 11.3 Å². The summed E-state index contributed by atoms with van der Waals surface area (Å²) < 4.78 is 0. The fourth-order valence-corrected chi connectivity index (χ4v) is 3.58. The summed E-state index contributed by atoms with van der Waals surface area (Å²) in [6.45, 7) is 5.43. The summed E-state index contributed by atoms with van der Waals surface area (Å²) in [4.78, 5) is 4.67. The number of nitrogens with one attached hydrogen (secondary N) is 1. The van der Waals surface area contributed by atoms with Crippen LogP contribution in [0.25, 0.3) is 0 Å². The van der Waals surface area contributed by atoms with Crippen LogP contribution in [0.1, 0.15) is 68.6 Å². The molecule has 1 aromatic rings. The van der Waals surface area contributed by atoms with Crippen LogP contribution in [0.3, 0.4) is 0 Å². The van der Waals surface area contributed by atoms with Crippen molar-refractivity contribution >= 4 is 11.3 Å². The van der Waals surface area contributed by atoms with Crippen LogP contribution in [0.4, 0.5) is 0 Å². The second-order valence-electron chi connectivity index (χ2n) is 5.53. The van der Waals surface area contributed by atoms with Gasteiger partial charge in [0.2, 0.25) is 0 Å². The Labute approximate surface area is 115 Å². The molecule has 2 rings (SSSR count). The van der Waals surface area contributed by atoms with Crippen molar-refractivity contribution < 1.29 is 0 Å². The van der Waals surface area contributed by atoms with E-state index in [4.69, 9.17) is 0 Å². The Bertz CT molecular complexity index is 342. The third kappa shape index (κ3) is 4.06. The Morgan fingerprint density at radius 3 is 2.83 bits per heavy atom. The van der Waals surface area contributed by atoms with E-state index < -0.39 is 0 Å². The maximum absolute atomic E-state index is 4.67. The number of hydrogen-bond donors (Lipinski definition) is 1. The summed E-state index contributed by atoms with van der Waals surface area (Å²) in [6, 6.07) is 0.482. The van der Waals surface area contributed by atoms with Crippen molar-refractivity contribution in [3.63, 3.8) is 0 Å². The van der Waals surface area contributed by atoms with Crippen LogP contribution in [0.15, 0.2) is 5.38 Å². The van der Waals surface area contributed by atoms with Gasteiger partial charge in [-0.15, -0.1) is 11.3 Å². The second-order valence-corrected chi connectivity index (χ2v) is 6.59. The standard InChI is InChI=1S/C15H26N2S/c1-3-10-16-14(15-11-18-12(2)17-15)9-8-13-6-4-5-7-13/h11,13-14,16H,3-10H2,1-2H3. The van der Waals surface area contributed by atoms with Crippen LogP contribution in [0.5, 0.6) is 0 Å². The molecule has 0 aliphatic heterocycles. The molecule has 102 valence electrons. The van der Waals surface area contributed by atoms with Crippen molar-refractivity contribution in [2.75, 3.05) is 6.54 Å². The number of aromatic nitrogens is 1.